The summed E-state index contributed by atoms with van der Waals surface area (Å²) in [5.74, 6) is -0.131. The van der Waals surface area contributed by atoms with Gasteiger partial charge < -0.3 is 21.3 Å². The maximum atomic E-state index is 11.8. The zero-order valence-electron chi connectivity index (χ0n) is 14.4. The quantitative estimate of drug-likeness (QED) is 0.501. The summed E-state index contributed by atoms with van der Waals surface area (Å²) in [6.45, 7) is 1.48. The van der Waals surface area contributed by atoms with Crippen LogP contribution < -0.4 is 11.1 Å². The van der Waals surface area contributed by atoms with Crippen LogP contribution in [0.2, 0.25) is 5.02 Å². The van der Waals surface area contributed by atoms with E-state index in [1.54, 1.807) is 36.4 Å². The number of rotatable bonds is 6. The number of amides is 1. The first-order valence-corrected chi connectivity index (χ1v) is 9.34. The maximum absolute atomic E-state index is 11.8. The van der Waals surface area contributed by atoms with E-state index in [9.17, 15) is 15.0 Å². The summed E-state index contributed by atoms with van der Waals surface area (Å²) < 4.78 is 0. The molecule has 2 atom stereocenters. The van der Waals surface area contributed by atoms with Crippen LogP contribution in [0.1, 0.15) is 29.1 Å². The Morgan fingerprint density at radius 3 is 2.56 bits per heavy atom. The van der Waals surface area contributed by atoms with Crippen LogP contribution in [0, 0.1) is 0 Å². The molecule has 0 fully saturated rings. The number of hydrogen-bond donors (Lipinski definition) is 4. The highest BCUT2D eigenvalue weighted by molar-refractivity contribution is 7.19. The van der Waals surface area contributed by atoms with Gasteiger partial charge in [-0.25, -0.2) is 4.98 Å². The van der Waals surface area contributed by atoms with Crippen molar-refractivity contribution in [1.29, 1.82) is 0 Å². The monoisotopic (exact) mass is 403 g/mol. The molecular formula is C19H18ClN3O3S. The van der Waals surface area contributed by atoms with Gasteiger partial charge in [-0.3, -0.25) is 4.79 Å². The number of nitrogens with zero attached hydrogens (tertiary/aromatic N) is 1. The molecule has 6 nitrogen and oxygen atoms in total. The molecule has 8 heteroatoms. The Morgan fingerprint density at radius 2 is 1.93 bits per heavy atom. The normalized spacial score (nSPS) is 13.2. The van der Waals surface area contributed by atoms with E-state index < -0.39 is 18.1 Å². The van der Waals surface area contributed by atoms with E-state index in [1.807, 2.05) is 12.1 Å². The number of benzene rings is 1. The Balaban J connectivity index is 1.94. The second-order valence-electron chi connectivity index (χ2n) is 5.98. The Bertz CT molecular complexity index is 957. The molecule has 0 aliphatic heterocycles. The van der Waals surface area contributed by atoms with Crippen molar-refractivity contribution >= 4 is 39.7 Å². The van der Waals surface area contributed by atoms with Crippen LogP contribution in [0.25, 0.3) is 10.4 Å². The SMILES string of the molecule is CC(O)C(O)c1cccc(Nc2sc(-c3ccc(Cl)cc3)cc2C(N)=O)n1. The molecule has 0 radical (unpaired) electrons. The molecule has 0 spiro atoms. The van der Waals surface area contributed by atoms with E-state index in [0.29, 0.717) is 27.1 Å². The number of nitrogens with two attached hydrogens (primary N) is 1. The van der Waals surface area contributed by atoms with Gasteiger partial charge in [0, 0.05) is 9.90 Å². The first-order chi connectivity index (χ1) is 12.8. The fourth-order valence-corrected chi connectivity index (χ4v) is 3.67. The summed E-state index contributed by atoms with van der Waals surface area (Å²) in [6.07, 6.45) is -2.05. The molecule has 3 aromatic rings. The molecular weight excluding hydrogens is 386 g/mol. The summed E-state index contributed by atoms with van der Waals surface area (Å²) >= 11 is 7.28. The highest BCUT2D eigenvalue weighted by atomic mass is 35.5. The molecule has 0 aliphatic carbocycles. The number of thiophene rings is 1. The van der Waals surface area contributed by atoms with Gasteiger partial charge in [0.25, 0.3) is 5.91 Å². The molecule has 0 saturated heterocycles. The maximum Gasteiger partial charge on any atom is 0.251 e. The number of aromatic nitrogens is 1. The minimum atomic E-state index is -1.10. The number of aliphatic hydroxyl groups excluding tert-OH is 2. The Morgan fingerprint density at radius 1 is 1.22 bits per heavy atom. The molecule has 5 N–H and O–H groups in total. The second kappa shape index (κ2) is 8.06. The number of hydrogen-bond acceptors (Lipinski definition) is 6. The van der Waals surface area contributed by atoms with Crippen LogP contribution in [0.15, 0.2) is 48.5 Å². The lowest BCUT2D eigenvalue weighted by atomic mass is 10.1. The number of primary amides is 1. The summed E-state index contributed by atoms with van der Waals surface area (Å²) in [5.41, 5.74) is 7.09. The van der Waals surface area contributed by atoms with E-state index >= 15 is 0 Å². The molecule has 27 heavy (non-hydrogen) atoms. The van der Waals surface area contributed by atoms with E-state index in [4.69, 9.17) is 17.3 Å². The third kappa shape index (κ3) is 4.45. The summed E-state index contributed by atoms with van der Waals surface area (Å²) in [6, 6.07) is 14.0. The number of nitrogens with one attached hydrogen (secondary N) is 1. The van der Waals surface area contributed by atoms with Gasteiger partial charge in [-0.15, -0.1) is 11.3 Å². The van der Waals surface area contributed by atoms with Gasteiger partial charge in [-0.1, -0.05) is 29.8 Å². The predicted molar refractivity (Wildman–Crippen MR) is 107 cm³/mol. The molecule has 0 saturated carbocycles. The number of pyridine rings is 1. The van der Waals surface area contributed by atoms with Crippen LogP contribution >= 0.6 is 22.9 Å². The molecule has 2 unspecified atom stereocenters. The molecule has 140 valence electrons. The number of aliphatic hydroxyl groups is 2. The first-order valence-electron chi connectivity index (χ1n) is 8.15. The van der Waals surface area contributed by atoms with Gasteiger partial charge in [-0.2, -0.15) is 0 Å². The summed E-state index contributed by atoms with van der Waals surface area (Å²) in [5, 5.41) is 23.8. The number of anilines is 2. The third-order valence-corrected chi connectivity index (χ3v) is 5.25. The van der Waals surface area contributed by atoms with Crippen LogP contribution in [0.4, 0.5) is 10.8 Å². The van der Waals surface area contributed by atoms with Crippen molar-refractivity contribution in [2.24, 2.45) is 5.73 Å². The van der Waals surface area contributed by atoms with Crippen molar-refractivity contribution in [1.82, 2.24) is 4.98 Å². The minimum Gasteiger partial charge on any atom is -0.390 e. The van der Waals surface area contributed by atoms with Crippen molar-refractivity contribution < 1.29 is 15.0 Å². The molecule has 2 aromatic heterocycles. The van der Waals surface area contributed by atoms with E-state index in [1.165, 1.54) is 18.3 Å². The van der Waals surface area contributed by atoms with Gasteiger partial charge in [0.1, 0.15) is 16.9 Å². The van der Waals surface area contributed by atoms with Crippen LogP contribution in [-0.4, -0.2) is 27.2 Å². The summed E-state index contributed by atoms with van der Waals surface area (Å²) in [7, 11) is 0. The van der Waals surface area contributed by atoms with Crippen LogP contribution in [-0.2, 0) is 0 Å². The molecule has 0 aliphatic rings. The second-order valence-corrected chi connectivity index (χ2v) is 7.47. The van der Waals surface area contributed by atoms with E-state index in [0.717, 1.165) is 10.4 Å². The lowest BCUT2D eigenvalue weighted by Gasteiger charge is -2.14. The van der Waals surface area contributed by atoms with E-state index in [2.05, 4.69) is 10.3 Å². The van der Waals surface area contributed by atoms with E-state index in [-0.39, 0.29) is 0 Å². The van der Waals surface area contributed by atoms with Gasteiger partial charge in [0.2, 0.25) is 0 Å². The van der Waals surface area contributed by atoms with Crippen molar-refractivity contribution in [3.05, 3.63) is 64.8 Å². The molecule has 2 heterocycles. The van der Waals surface area contributed by atoms with Gasteiger partial charge in [0.15, 0.2) is 0 Å². The van der Waals surface area contributed by atoms with Crippen molar-refractivity contribution in [3.63, 3.8) is 0 Å². The minimum absolute atomic E-state index is 0.324. The third-order valence-electron chi connectivity index (χ3n) is 3.90. The Labute approximate surface area is 165 Å². The first kappa shape index (κ1) is 19.3. The lowest BCUT2D eigenvalue weighted by Crippen LogP contribution is -2.15. The van der Waals surface area contributed by atoms with Crippen LogP contribution in [0.3, 0.4) is 0 Å². The van der Waals surface area contributed by atoms with Crippen molar-refractivity contribution in [3.8, 4) is 10.4 Å². The predicted octanol–water partition coefficient (Wildman–Crippen LogP) is 3.72. The summed E-state index contributed by atoms with van der Waals surface area (Å²) in [4.78, 5) is 17.0. The molecule has 1 aromatic carbocycles. The smallest absolute Gasteiger partial charge is 0.251 e. The van der Waals surface area contributed by atoms with Crippen molar-refractivity contribution in [2.75, 3.05) is 5.32 Å². The number of carbonyl (C=O) groups excluding carboxylic acids is 1. The van der Waals surface area contributed by atoms with Crippen LogP contribution in [0.5, 0.6) is 0 Å². The fraction of sp³-hybridized carbons (Fsp3) is 0.158. The standard InChI is InChI=1S/C19H18ClN3O3S/c1-10(24)17(25)14-3-2-4-16(22-14)23-19-13(18(21)26)9-15(27-19)11-5-7-12(20)8-6-11/h2-10,17,24-25H,1H3,(H2,21,26)(H,22,23). The number of carbonyl (C=O) groups is 1. The zero-order chi connectivity index (χ0) is 19.6. The van der Waals surface area contributed by atoms with Gasteiger partial charge in [0.05, 0.1) is 17.4 Å². The topological polar surface area (TPSA) is 108 Å². The average molecular weight is 404 g/mol. The van der Waals surface area contributed by atoms with Gasteiger partial charge in [-0.05, 0) is 42.8 Å². The largest absolute Gasteiger partial charge is 0.390 e. The molecule has 1 amide bonds. The molecule has 0 bridgehead atoms. The highest BCUT2D eigenvalue weighted by Crippen LogP contribution is 2.37. The molecule has 3 rings (SSSR count). The van der Waals surface area contributed by atoms with Gasteiger partial charge >= 0.3 is 0 Å². The zero-order valence-corrected chi connectivity index (χ0v) is 16.0. The average Bonchev–Trinajstić information content (AvgIpc) is 3.06. The van der Waals surface area contributed by atoms with Crippen molar-refractivity contribution in [2.45, 2.75) is 19.1 Å². The fourth-order valence-electron chi connectivity index (χ4n) is 2.47. The lowest BCUT2D eigenvalue weighted by molar-refractivity contribution is 0.0279. The Kier molecular flexibility index (Phi) is 5.76. The Hall–Kier alpha value is -2.45. The number of halogens is 1. The highest BCUT2D eigenvalue weighted by Gasteiger charge is 2.18.